The summed E-state index contributed by atoms with van der Waals surface area (Å²) in [7, 11) is 0. The van der Waals surface area contributed by atoms with Gasteiger partial charge in [-0.3, -0.25) is 0 Å². The van der Waals surface area contributed by atoms with Crippen LogP contribution in [0, 0.1) is 5.92 Å². The van der Waals surface area contributed by atoms with Crippen molar-refractivity contribution >= 4 is 16.9 Å². The Hall–Kier alpha value is -1.58. The van der Waals surface area contributed by atoms with Crippen LogP contribution in [0.5, 0.6) is 0 Å². The molecule has 0 amide bonds. The molecule has 0 aliphatic heterocycles. The highest BCUT2D eigenvalue weighted by Crippen LogP contribution is 2.29. The highest BCUT2D eigenvalue weighted by atomic mass is 15.1. The van der Waals surface area contributed by atoms with Crippen LogP contribution in [-0.4, -0.2) is 14.5 Å². The van der Waals surface area contributed by atoms with Crippen molar-refractivity contribution in [3.63, 3.8) is 0 Å². The third-order valence-electron chi connectivity index (χ3n) is 3.87. The Morgan fingerprint density at radius 2 is 2.05 bits per heavy atom. The molecule has 102 valence electrons. The molecular weight excluding hydrogens is 236 g/mol. The van der Waals surface area contributed by atoms with Gasteiger partial charge in [-0.2, -0.15) is 0 Å². The van der Waals surface area contributed by atoms with Crippen molar-refractivity contribution in [1.82, 2.24) is 14.5 Å². The minimum atomic E-state index is 0.596. The lowest BCUT2D eigenvalue weighted by Gasteiger charge is -2.13. The van der Waals surface area contributed by atoms with Crippen LogP contribution < -0.4 is 5.73 Å². The second-order valence-electron chi connectivity index (χ2n) is 5.97. The summed E-state index contributed by atoms with van der Waals surface area (Å²) in [5.41, 5.74) is 10.8. The fourth-order valence-corrected chi connectivity index (χ4v) is 3.06. The van der Waals surface area contributed by atoms with Crippen LogP contribution in [0.15, 0.2) is 6.33 Å². The predicted molar refractivity (Wildman–Crippen MR) is 78.0 cm³/mol. The molecule has 4 nitrogen and oxygen atoms in total. The van der Waals surface area contributed by atoms with Crippen molar-refractivity contribution < 1.29 is 0 Å². The standard InChI is InChI=1S/C15H22N4/c1-10(2)8-19-9-17-13-14(19)11-6-4-3-5-7-12(11)18-15(13)16/h9-10H,3-8H2,1-2H3,(H2,16,18). The van der Waals surface area contributed by atoms with Gasteiger partial charge in [0.1, 0.15) is 5.52 Å². The molecule has 4 heteroatoms. The van der Waals surface area contributed by atoms with Crippen LogP contribution >= 0.6 is 0 Å². The van der Waals surface area contributed by atoms with Crippen LogP contribution in [0.2, 0.25) is 0 Å². The van der Waals surface area contributed by atoms with E-state index in [4.69, 9.17) is 5.73 Å². The smallest absolute Gasteiger partial charge is 0.151 e. The van der Waals surface area contributed by atoms with E-state index in [1.807, 2.05) is 6.33 Å². The molecule has 1 aliphatic rings. The second kappa shape index (κ2) is 4.83. The summed E-state index contributed by atoms with van der Waals surface area (Å²) in [5, 5.41) is 0. The zero-order chi connectivity index (χ0) is 13.4. The Morgan fingerprint density at radius 3 is 2.84 bits per heavy atom. The number of fused-ring (bicyclic) bond motifs is 3. The molecule has 0 spiro atoms. The molecule has 0 radical (unpaired) electrons. The topological polar surface area (TPSA) is 56.7 Å². The zero-order valence-corrected chi connectivity index (χ0v) is 11.8. The summed E-state index contributed by atoms with van der Waals surface area (Å²) in [6.45, 7) is 5.45. The molecule has 0 bridgehead atoms. The molecule has 2 heterocycles. The van der Waals surface area contributed by atoms with Gasteiger partial charge in [0, 0.05) is 12.2 Å². The van der Waals surface area contributed by atoms with Crippen molar-refractivity contribution in [2.24, 2.45) is 5.92 Å². The number of nitrogen functional groups attached to an aromatic ring is 1. The van der Waals surface area contributed by atoms with E-state index in [1.165, 1.54) is 36.0 Å². The number of rotatable bonds is 2. The van der Waals surface area contributed by atoms with Gasteiger partial charge < -0.3 is 10.3 Å². The van der Waals surface area contributed by atoms with Crippen LogP contribution in [-0.2, 0) is 19.4 Å². The number of imidazole rings is 1. The van der Waals surface area contributed by atoms with Gasteiger partial charge in [-0.1, -0.05) is 20.3 Å². The van der Waals surface area contributed by atoms with Crippen LogP contribution in [0.4, 0.5) is 5.82 Å². The van der Waals surface area contributed by atoms with E-state index in [9.17, 15) is 0 Å². The van der Waals surface area contributed by atoms with Gasteiger partial charge in [0.15, 0.2) is 5.82 Å². The SMILES string of the molecule is CC(C)Cn1cnc2c(N)nc3c(c21)CCCCC3. The third-order valence-corrected chi connectivity index (χ3v) is 3.87. The molecule has 0 saturated heterocycles. The Balaban J connectivity index is 2.22. The largest absolute Gasteiger partial charge is 0.382 e. The van der Waals surface area contributed by atoms with Crippen molar-refractivity contribution in [3.05, 3.63) is 17.6 Å². The number of nitrogens with zero attached hydrogens (tertiary/aromatic N) is 3. The summed E-state index contributed by atoms with van der Waals surface area (Å²) in [5.74, 6) is 1.20. The first-order valence-electron chi connectivity index (χ1n) is 7.29. The Bertz CT molecular complexity index is 598. The van der Waals surface area contributed by atoms with Gasteiger partial charge in [-0.15, -0.1) is 0 Å². The first-order chi connectivity index (χ1) is 9.16. The first kappa shape index (κ1) is 12.5. The maximum atomic E-state index is 6.09. The van der Waals surface area contributed by atoms with E-state index in [-0.39, 0.29) is 0 Å². The molecule has 0 unspecified atom stereocenters. The molecule has 0 atom stereocenters. The average molecular weight is 258 g/mol. The van der Waals surface area contributed by atoms with Gasteiger partial charge in [-0.25, -0.2) is 9.97 Å². The lowest BCUT2D eigenvalue weighted by molar-refractivity contribution is 0.532. The molecule has 0 aromatic carbocycles. The summed E-state index contributed by atoms with van der Waals surface area (Å²) < 4.78 is 2.27. The maximum Gasteiger partial charge on any atom is 0.151 e. The quantitative estimate of drug-likeness (QED) is 0.843. The first-order valence-corrected chi connectivity index (χ1v) is 7.29. The van der Waals surface area contributed by atoms with Gasteiger partial charge >= 0.3 is 0 Å². The molecule has 2 aromatic heterocycles. The highest BCUT2D eigenvalue weighted by Gasteiger charge is 2.19. The van der Waals surface area contributed by atoms with E-state index in [0.29, 0.717) is 11.7 Å². The molecule has 2 aromatic rings. The Labute approximate surface area is 114 Å². The van der Waals surface area contributed by atoms with Crippen molar-refractivity contribution in [1.29, 1.82) is 0 Å². The molecule has 1 aliphatic carbocycles. The fourth-order valence-electron chi connectivity index (χ4n) is 3.06. The predicted octanol–water partition coefficient (Wildman–Crippen LogP) is 2.94. The lowest BCUT2D eigenvalue weighted by Crippen LogP contribution is -2.07. The summed E-state index contributed by atoms with van der Waals surface area (Å²) in [6, 6.07) is 0. The van der Waals surface area contributed by atoms with Gasteiger partial charge in [0.25, 0.3) is 0 Å². The summed E-state index contributed by atoms with van der Waals surface area (Å²) >= 11 is 0. The minimum Gasteiger partial charge on any atom is -0.382 e. The van der Waals surface area contributed by atoms with Crippen LogP contribution in [0.3, 0.4) is 0 Å². The molecule has 3 rings (SSSR count). The second-order valence-corrected chi connectivity index (χ2v) is 5.97. The number of hydrogen-bond donors (Lipinski definition) is 1. The van der Waals surface area contributed by atoms with Crippen LogP contribution in [0.1, 0.15) is 44.4 Å². The van der Waals surface area contributed by atoms with Gasteiger partial charge in [0.05, 0.1) is 11.8 Å². The number of anilines is 1. The molecule has 0 fully saturated rings. The minimum absolute atomic E-state index is 0.596. The fraction of sp³-hybridized carbons (Fsp3) is 0.600. The highest BCUT2D eigenvalue weighted by molar-refractivity contribution is 5.88. The van der Waals surface area contributed by atoms with E-state index in [2.05, 4.69) is 28.4 Å². The molecular formula is C15H22N4. The molecule has 0 saturated carbocycles. The number of aryl methyl sites for hydroxylation is 2. The zero-order valence-electron chi connectivity index (χ0n) is 11.8. The van der Waals surface area contributed by atoms with Crippen molar-refractivity contribution in [2.75, 3.05) is 5.73 Å². The van der Waals surface area contributed by atoms with Gasteiger partial charge in [0.2, 0.25) is 0 Å². The lowest BCUT2D eigenvalue weighted by atomic mass is 10.1. The van der Waals surface area contributed by atoms with E-state index >= 15 is 0 Å². The van der Waals surface area contributed by atoms with E-state index in [1.54, 1.807) is 0 Å². The average Bonchev–Trinajstić information content (AvgIpc) is 2.62. The number of nitrogens with two attached hydrogens (primary N) is 1. The van der Waals surface area contributed by atoms with E-state index in [0.717, 1.165) is 24.9 Å². The monoisotopic (exact) mass is 258 g/mol. The summed E-state index contributed by atoms with van der Waals surface area (Å²) in [4.78, 5) is 9.08. The normalized spacial score (nSPS) is 15.7. The van der Waals surface area contributed by atoms with Crippen molar-refractivity contribution in [3.8, 4) is 0 Å². The Kier molecular flexibility index (Phi) is 3.17. The van der Waals surface area contributed by atoms with Crippen molar-refractivity contribution in [2.45, 2.75) is 52.5 Å². The van der Waals surface area contributed by atoms with Crippen LogP contribution in [0.25, 0.3) is 11.0 Å². The summed E-state index contributed by atoms with van der Waals surface area (Å²) in [6.07, 6.45) is 7.86. The number of pyridine rings is 1. The Morgan fingerprint density at radius 1 is 1.26 bits per heavy atom. The molecule has 19 heavy (non-hydrogen) atoms. The number of aromatic nitrogens is 3. The third kappa shape index (κ3) is 2.20. The molecule has 2 N–H and O–H groups in total. The maximum absolute atomic E-state index is 6.09. The van der Waals surface area contributed by atoms with E-state index < -0.39 is 0 Å². The number of hydrogen-bond acceptors (Lipinski definition) is 3. The van der Waals surface area contributed by atoms with Gasteiger partial charge in [-0.05, 0) is 37.2 Å².